The van der Waals surface area contributed by atoms with Gasteiger partial charge in [-0.15, -0.1) is 0 Å². The topological polar surface area (TPSA) is 6.48 Å². The van der Waals surface area contributed by atoms with E-state index in [4.69, 9.17) is 4.11 Å². The van der Waals surface area contributed by atoms with Gasteiger partial charge in [0.25, 0.3) is 6.71 Å². The van der Waals surface area contributed by atoms with Crippen LogP contribution in [0.4, 0.5) is 34.1 Å². The van der Waals surface area contributed by atoms with Crippen LogP contribution >= 0.6 is 0 Å². The SMILES string of the molecule is [2H]c1c([2H])c([2H])c(N2c3cc(C)ccc3B3c4cccc5c4N(c4ccccc4[Si]5(c4ccccc4)c4ccccc4)c4cc(C(C)(C)C)cc2c43)c([2H])c1[2H]. The number of benzene rings is 7. The normalized spacial score (nSPS) is 16.1. The highest BCUT2D eigenvalue weighted by Gasteiger charge is 2.53. The van der Waals surface area contributed by atoms with E-state index in [1.54, 1.807) is 0 Å². The molecule has 4 heteroatoms. The average Bonchev–Trinajstić information content (AvgIpc) is 3.21. The quantitative estimate of drug-likeness (QED) is 0.185. The monoisotopic (exact) mass is 675 g/mol. The number of rotatable bonds is 3. The summed E-state index contributed by atoms with van der Waals surface area (Å²) in [4.78, 5) is 4.45. The molecule has 0 radical (unpaired) electrons. The molecule has 0 saturated carbocycles. The van der Waals surface area contributed by atoms with Gasteiger partial charge in [-0.25, -0.2) is 0 Å². The van der Waals surface area contributed by atoms with Crippen LogP contribution < -0.4 is 46.9 Å². The lowest BCUT2D eigenvalue weighted by molar-refractivity contribution is 0.590. The Bertz CT molecular complexity index is 2720. The maximum atomic E-state index is 9.26. The van der Waals surface area contributed by atoms with Gasteiger partial charge in [-0.1, -0.05) is 148 Å². The van der Waals surface area contributed by atoms with Crippen LogP contribution in [0.5, 0.6) is 0 Å². The summed E-state index contributed by atoms with van der Waals surface area (Å²) in [5, 5.41) is 5.30. The maximum absolute atomic E-state index is 9.26. The van der Waals surface area contributed by atoms with Crippen LogP contribution in [0.25, 0.3) is 0 Å². The average molecular weight is 676 g/mol. The summed E-state index contributed by atoms with van der Waals surface area (Å²) in [5.74, 6) is 0. The van der Waals surface area contributed by atoms with Gasteiger partial charge in [-0.3, -0.25) is 0 Å². The van der Waals surface area contributed by atoms with Crippen LogP contribution in [-0.2, 0) is 5.41 Å². The minimum absolute atomic E-state index is 0.160. The van der Waals surface area contributed by atoms with Gasteiger partial charge < -0.3 is 9.80 Å². The molecule has 0 spiro atoms. The van der Waals surface area contributed by atoms with Crippen molar-refractivity contribution in [3.05, 3.63) is 175 Å². The van der Waals surface area contributed by atoms with E-state index in [1.165, 1.54) is 31.9 Å². The van der Waals surface area contributed by atoms with Crippen molar-refractivity contribution in [3.8, 4) is 0 Å². The second-order valence-corrected chi connectivity index (χ2v) is 18.8. The van der Waals surface area contributed by atoms with Crippen LogP contribution in [0.3, 0.4) is 0 Å². The van der Waals surface area contributed by atoms with Crippen molar-refractivity contribution in [1.29, 1.82) is 0 Å². The molecule has 51 heavy (non-hydrogen) atoms. The third kappa shape index (κ3) is 4.17. The predicted octanol–water partition coefficient (Wildman–Crippen LogP) is 7.07. The lowest BCUT2D eigenvalue weighted by atomic mass is 9.33. The standard InChI is InChI=1S/C47H39BN2Si/c1-32-27-28-37-40(29-32)49(34-17-8-5-9-18-34)41-30-33(47(2,3)4)31-42-45(41)48(37)38-23-16-26-44-46(38)50(42)39-24-14-15-25-43(39)51(44,35-19-10-6-11-20-35)36-21-12-7-13-22-36/h5-31H,1-4H3/i5D,8D,9D,17D,18D. The molecule has 0 atom stereocenters. The summed E-state index contributed by atoms with van der Waals surface area (Å²) in [7, 11) is -2.90. The zero-order chi connectivity index (χ0) is 38.8. The predicted molar refractivity (Wildman–Crippen MR) is 221 cm³/mol. The van der Waals surface area contributed by atoms with Gasteiger partial charge in [0.1, 0.15) is 0 Å². The summed E-state index contributed by atoms with van der Waals surface area (Å²) in [6.07, 6.45) is 0. The highest BCUT2D eigenvalue weighted by Crippen LogP contribution is 2.47. The third-order valence-electron chi connectivity index (χ3n) is 11.2. The van der Waals surface area contributed by atoms with E-state index in [0.717, 1.165) is 44.8 Å². The van der Waals surface area contributed by atoms with Gasteiger partial charge >= 0.3 is 0 Å². The Labute approximate surface area is 309 Å². The van der Waals surface area contributed by atoms with Crippen molar-refractivity contribution < 1.29 is 6.85 Å². The van der Waals surface area contributed by atoms with Crippen LogP contribution in [0.15, 0.2) is 164 Å². The first-order chi connectivity index (χ1) is 26.9. The third-order valence-corrected chi connectivity index (χ3v) is 16.0. The summed E-state index contributed by atoms with van der Waals surface area (Å²) in [6.45, 7) is 8.51. The Morgan fingerprint density at radius 3 is 1.88 bits per heavy atom. The van der Waals surface area contributed by atoms with Gasteiger partial charge in [0.05, 0.1) is 6.85 Å². The molecule has 244 valence electrons. The molecule has 3 aliphatic rings. The fraction of sp³-hybridized carbons (Fsp3) is 0.106. The molecule has 7 aromatic carbocycles. The second kappa shape index (κ2) is 11.0. The van der Waals surface area contributed by atoms with Gasteiger partial charge in [0, 0.05) is 34.1 Å². The van der Waals surface area contributed by atoms with Crippen LogP contribution in [0.1, 0.15) is 38.8 Å². The lowest BCUT2D eigenvalue weighted by Gasteiger charge is -2.51. The number of hydrogen-bond donors (Lipinski definition) is 0. The zero-order valence-corrected chi connectivity index (χ0v) is 30.2. The van der Waals surface area contributed by atoms with Gasteiger partial charge in [-0.2, -0.15) is 0 Å². The lowest BCUT2D eigenvalue weighted by Crippen LogP contribution is -2.79. The number of nitrogens with zero attached hydrogens (tertiary/aromatic N) is 2. The second-order valence-electron chi connectivity index (χ2n) is 15.1. The van der Waals surface area contributed by atoms with E-state index in [9.17, 15) is 2.74 Å². The molecule has 0 fully saturated rings. The van der Waals surface area contributed by atoms with E-state index in [-0.39, 0.29) is 42.0 Å². The van der Waals surface area contributed by atoms with E-state index in [2.05, 4.69) is 166 Å². The van der Waals surface area contributed by atoms with Crippen molar-refractivity contribution in [2.75, 3.05) is 9.80 Å². The Morgan fingerprint density at radius 1 is 0.569 bits per heavy atom. The van der Waals surface area contributed by atoms with Gasteiger partial charge in [0.15, 0.2) is 8.07 Å². The number of fused-ring (bicyclic) bond motifs is 6. The minimum atomic E-state index is -2.90. The molecular formula is C47H39BN2Si. The number of para-hydroxylation sites is 3. The number of aryl methyl sites for hydroxylation is 1. The maximum Gasteiger partial charge on any atom is 0.252 e. The molecule has 7 aromatic rings. The van der Waals surface area contributed by atoms with Crippen molar-refractivity contribution in [2.24, 2.45) is 0 Å². The Balaban J connectivity index is 1.39. The van der Waals surface area contributed by atoms with Crippen molar-refractivity contribution in [1.82, 2.24) is 0 Å². The molecule has 0 amide bonds. The largest absolute Gasteiger partial charge is 0.312 e. The molecular weight excluding hydrogens is 631 g/mol. The van der Waals surface area contributed by atoms with Crippen LogP contribution in [0.2, 0.25) is 0 Å². The van der Waals surface area contributed by atoms with Gasteiger partial charge in [-0.05, 0) is 97.0 Å². The van der Waals surface area contributed by atoms with E-state index in [0.29, 0.717) is 0 Å². The van der Waals surface area contributed by atoms with Gasteiger partial charge in [0.2, 0.25) is 0 Å². The van der Waals surface area contributed by atoms with E-state index < -0.39 is 14.1 Å². The highest BCUT2D eigenvalue weighted by atomic mass is 28.3. The van der Waals surface area contributed by atoms with Crippen LogP contribution in [-0.4, -0.2) is 14.8 Å². The molecule has 0 saturated heterocycles. The Hall–Kier alpha value is -5.58. The molecule has 0 bridgehead atoms. The highest BCUT2D eigenvalue weighted by molar-refractivity contribution is 7.22. The van der Waals surface area contributed by atoms with E-state index >= 15 is 0 Å². The number of anilines is 6. The summed E-state index contributed by atoms with van der Waals surface area (Å²) < 4.78 is 44.5. The molecule has 0 aliphatic carbocycles. The summed E-state index contributed by atoms with van der Waals surface area (Å²) in [5.41, 5.74) is 10.4. The Morgan fingerprint density at radius 2 is 1.20 bits per heavy atom. The summed E-state index contributed by atoms with van der Waals surface area (Å²) in [6, 6.07) is 47.4. The molecule has 0 unspecified atom stereocenters. The molecule has 2 nitrogen and oxygen atoms in total. The zero-order valence-electron chi connectivity index (χ0n) is 34.2. The smallest absolute Gasteiger partial charge is 0.252 e. The molecule has 0 aromatic heterocycles. The minimum Gasteiger partial charge on any atom is -0.312 e. The first kappa shape index (κ1) is 25.4. The van der Waals surface area contributed by atoms with Crippen molar-refractivity contribution in [2.45, 2.75) is 33.1 Å². The fourth-order valence-electron chi connectivity index (χ4n) is 9.03. The molecule has 0 N–H and O–H groups in total. The first-order valence-corrected chi connectivity index (χ1v) is 19.7. The molecule has 3 heterocycles. The Kier molecular flexibility index (Phi) is 5.45. The number of hydrogen-bond acceptors (Lipinski definition) is 2. The summed E-state index contributed by atoms with van der Waals surface area (Å²) >= 11 is 0. The van der Waals surface area contributed by atoms with Crippen molar-refractivity contribution in [3.63, 3.8) is 0 Å². The molecule has 10 rings (SSSR count). The molecule has 3 aliphatic heterocycles. The van der Waals surface area contributed by atoms with E-state index in [1.807, 2.05) is 4.90 Å². The van der Waals surface area contributed by atoms with Crippen LogP contribution in [0, 0.1) is 6.92 Å². The van der Waals surface area contributed by atoms with Crippen molar-refractivity contribution >= 4 is 86.0 Å². The fourth-order valence-corrected chi connectivity index (χ4v) is 14.2. The first-order valence-electron chi connectivity index (χ1n) is 20.2.